The van der Waals surface area contributed by atoms with Gasteiger partial charge in [-0.05, 0) is 30.5 Å². The van der Waals surface area contributed by atoms with Crippen molar-refractivity contribution in [1.82, 2.24) is 19.3 Å². The van der Waals surface area contributed by atoms with Crippen LogP contribution < -0.4 is 11.2 Å². The number of unbranched alkanes of at least 4 members (excludes halogenated alkanes) is 1. The summed E-state index contributed by atoms with van der Waals surface area (Å²) in [5.41, 5.74) is 0.473. The third kappa shape index (κ3) is 4.72. The summed E-state index contributed by atoms with van der Waals surface area (Å²) in [4.78, 5) is 34.4. The number of rotatable bonds is 9. The number of hydrogen-bond donors (Lipinski definition) is 0. The van der Waals surface area contributed by atoms with Gasteiger partial charge in [0.25, 0.3) is 5.56 Å². The Balaban J connectivity index is 1.46. The van der Waals surface area contributed by atoms with Crippen molar-refractivity contribution in [2.75, 3.05) is 0 Å². The van der Waals surface area contributed by atoms with Crippen molar-refractivity contribution < 1.29 is 8.91 Å². The van der Waals surface area contributed by atoms with Gasteiger partial charge < -0.3 is 4.52 Å². The lowest BCUT2D eigenvalue weighted by atomic mass is 10.1. The van der Waals surface area contributed by atoms with Crippen LogP contribution in [-0.4, -0.2) is 24.4 Å². The molecule has 0 spiro atoms. The van der Waals surface area contributed by atoms with Gasteiger partial charge in [0.15, 0.2) is 5.82 Å². The summed E-state index contributed by atoms with van der Waals surface area (Å²) >= 11 is 6.05. The average Bonchev–Trinajstić information content (AvgIpc) is 3.37. The van der Waals surface area contributed by atoms with Gasteiger partial charge in [0, 0.05) is 32.4 Å². The molecule has 3 heterocycles. The maximum Gasteiger partial charge on any atom is 0.332 e. The molecule has 0 saturated heterocycles. The van der Waals surface area contributed by atoms with E-state index in [1.165, 1.54) is 16.7 Å². The fourth-order valence-electron chi connectivity index (χ4n) is 3.72. The van der Waals surface area contributed by atoms with E-state index in [9.17, 15) is 14.0 Å². The second kappa shape index (κ2) is 9.60. The first-order chi connectivity index (χ1) is 15.5. The second-order valence-corrected chi connectivity index (χ2v) is 8.16. The molecule has 168 valence electrons. The second-order valence-electron chi connectivity index (χ2n) is 7.73. The molecule has 32 heavy (non-hydrogen) atoms. The van der Waals surface area contributed by atoms with Crippen LogP contribution in [0.15, 0.2) is 43.4 Å². The molecule has 0 unspecified atom stereocenters. The van der Waals surface area contributed by atoms with E-state index in [1.54, 1.807) is 16.7 Å². The van der Waals surface area contributed by atoms with Gasteiger partial charge in [-0.25, -0.2) is 14.2 Å². The molecule has 4 rings (SSSR count). The monoisotopic (exact) mass is 459 g/mol. The van der Waals surface area contributed by atoms with E-state index in [0.717, 1.165) is 18.4 Å². The SMILES string of the molecule is CCCCn1c2c(c(=O)n(CCCc3nc(Cc4cccc(F)c4)no3)c1=O)CC(Cl)=N2. The van der Waals surface area contributed by atoms with Gasteiger partial charge in [0.05, 0.1) is 5.56 Å². The van der Waals surface area contributed by atoms with Crippen LogP contribution >= 0.6 is 11.6 Å². The van der Waals surface area contributed by atoms with E-state index < -0.39 is 0 Å². The summed E-state index contributed by atoms with van der Waals surface area (Å²) in [5.74, 6) is 0.924. The molecule has 0 aliphatic carbocycles. The van der Waals surface area contributed by atoms with Crippen LogP contribution in [0.2, 0.25) is 0 Å². The highest BCUT2D eigenvalue weighted by atomic mass is 35.5. The van der Waals surface area contributed by atoms with E-state index >= 15 is 0 Å². The molecule has 0 bridgehead atoms. The number of aliphatic imine (C=N–C) groups is 1. The zero-order valence-electron chi connectivity index (χ0n) is 17.7. The molecule has 1 aliphatic heterocycles. The number of nitrogens with zero attached hydrogens (tertiary/aromatic N) is 5. The number of hydrogen-bond acceptors (Lipinski definition) is 6. The molecule has 3 aromatic rings. The molecule has 1 aromatic carbocycles. The quantitative estimate of drug-likeness (QED) is 0.488. The Morgan fingerprint density at radius 3 is 2.78 bits per heavy atom. The highest BCUT2D eigenvalue weighted by Gasteiger charge is 2.24. The zero-order valence-corrected chi connectivity index (χ0v) is 18.4. The summed E-state index contributed by atoms with van der Waals surface area (Å²) in [6, 6.07) is 6.22. The first-order valence-electron chi connectivity index (χ1n) is 10.6. The molecule has 10 heteroatoms. The number of fused-ring (bicyclic) bond motifs is 1. The lowest BCUT2D eigenvalue weighted by molar-refractivity contribution is 0.366. The third-order valence-electron chi connectivity index (χ3n) is 5.31. The Hall–Kier alpha value is -3.07. The van der Waals surface area contributed by atoms with Crippen molar-refractivity contribution in [3.63, 3.8) is 0 Å². The van der Waals surface area contributed by atoms with Crippen LogP contribution in [0.1, 0.15) is 49.0 Å². The van der Waals surface area contributed by atoms with Crippen molar-refractivity contribution in [2.45, 2.75) is 58.5 Å². The Morgan fingerprint density at radius 2 is 2.00 bits per heavy atom. The van der Waals surface area contributed by atoms with Crippen LogP contribution in [-0.2, 0) is 32.4 Å². The first kappa shape index (κ1) is 22.1. The highest BCUT2D eigenvalue weighted by molar-refractivity contribution is 6.66. The maximum absolute atomic E-state index is 13.3. The van der Waals surface area contributed by atoms with Crippen LogP contribution in [0.25, 0.3) is 0 Å². The van der Waals surface area contributed by atoms with Crippen LogP contribution in [0.3, 0.4) is 0 Å². The van der Waals surface area contributed by atoms with Gasteiger partial charge in [-0.1, -0.05) is 42.2 Å². The number of halogens is 2. The minimum atomic E-state index is -0.380. The van der Waals surface area contributed by atoms with Crippen molar-refractivity contribution >= 4 is 22.6 Å². The van der Waals surface area contributed by atoms with Crippen molar-refractivity contribution in [1.29, 1.82) is 0 Å². The molecule has 0 atom stereocenters. The van der Waals surface area contributed by atoms with E-state index in [4.69, 9.17) is 16.1 Å². The third-order valence-corrected chi connectivity index (χ3v) is 5.53. The van der Waals surface area contributed by atoms with E-state index in [1.807, 2.05) is 6.92 Å². The molecule has 0 amide bonds. The van der Waals surface area contributed by atoms with E-state index in [-0.39, 0.29) is 30.0 Å². The van der Waals surface area contributed by atoms with Crippen LogP contribution in [0.4, 0.5) is 10.2 Å². The van der Waals surface area contributed by atoms with Gasteiger partial charge in [0.2, 0.25) is 5.89 Å². The van der Waals surface area contributed by atoms with Crippen molar-refractivity contribution in [2.24, 2.45) is 4.99 Å². The van der Waals surface area contributed by atoms with Gasteiger partial charge >= 0.3 is 5.69 Å². The van der Waals surface area contributed by atoms with Crippen LogP contribution in [0, 0.1) is 5.82 Å². The minimum absolute atomic E-state index is 0.219. The molecular weight excluding hydrogens is 437 g/mol. The van der Waals surface area contributed by atoms with Crippen molar-refractivity contribution in [3.05, 3.63) is 73.8 Å². The smallest absolute Gasteiger partial charge is 0.332 e. The lowest BCUT2D eigenvalue weighted by Crippen LogP contribution is -2.41. The lowest BCUT2D eigenvalue weighted by Gasteiger charge is -2.13. The predicted molar refractivity (Wildman–Crippen MR) is 118 cm³/mol. The average molecular weight is 460 g/mol. The molecule has 0 saturated carbocycles. The molecule has 2 aromatic heterocycles. The summed E-state index contributed by atoms with van der Waals surface area (Å²) in [7, 11) is 0. The Labute approximate surface area is 188 Å². The molecule has 0 radical (unpaired) electrons. The number of aromatic nitrogens is 4. The molecule has 0 N–H and O–H groups in total. The zero-order chi connectivity index (χ0) is 22.7. The fourth-order valence-corrected chi connectivity index (χ4v) is 3.94. The van der Waals surface area contributed by atoms with Gasteiger partial charge in [-0.2, -0.15) is 4.98 Å². The molecular formula is C22H23ClFN5O3. The normalized spacial score (nSPS) is 12.8. The van der Waals surface area contributed by atoms with Gasteiger partial charge in [-0.15, -0.1) is 0 Å². The number of benzene rings is 1. The number of aryl methyl sites for hydroxylation is 1. The largest absolute Gasteiger partial charge is 0.339 e. The standard InChI is InChI=1S/C22H23ClFN5O3/c1-2-3-9-28-20-16(13-17(23)25-20)21(30)29(22(28)31)10-5-8-19-26-18(27-32-19)12-14-6-4-7-15(24)11-14/h4,6-7,11H,2-3,5,8-10,12-13H2,1H3. The van der Waals surface area contributed by atoms with E-state index in [2.05, 4.69) is 15.1 Å². The molecule has 0 fully saturated rings. The summed E-state index contributed by atoms with van der Waals surface area (Å²) in [6.07, 6.45) is 3.19. The molecule has 1 aliphatic rings. The highest BCUT2D eigenvalue weighted by Crippen LogP contribution is 2.24. The van der Waals surface area contributed by atoms with E-state index in [0.29, 0.717) is 54.1 Å². The predicted octanol–water partition coefficient (Wildman–Crippen LogP) is 3.38. The Morgan fingerprint density at radius 1 is 1.19 bits per heavy atom. The molecule has 8 nitrogen and oxygen atoms in total. The Bertz CT molecular complexity index is 1280. The van der Waals surface area contributed by atoms with Crippen LogP contribution in [0.5, 0.6) is 0 Å². The van der Waals surface area contributed by atoms with Crippen molar-refractivity contribution in [3.8, 4) is 0 Å². The first-order valence-corrected chi connectivity index (χ1v) is 11.0. The summed E-state index contributed by atoms with van der Waals surface area (Å²) in [6.45, 7) is 2.74. The van der Waals surface area contributed by atoms with Gasteiger partial charge in [-0.3, -0.25) is 13.9 Å². The topological polar surface area (TPSA) is 95.3 Å². The Kier molecular flexibility index (Phi) is 6.64. The fraction of sp³-hybridized carbons (Fsp3) is 0.409. The maximum atomic E-state index is 13.3. The minimum Gasteiger partial charge on any atom is -0.339 e. The van der Waals surface area contributed by atoms with Gasteiger partial charge in [0.1, 0.15) is 16.8 Å². The summed E-state index contributed by atoms with van der Waals surface area (Å²) in [5, 5.41) is 4.25. The summed E-state index contributed by atoms with van der Waals surface area (Å²) < 4.78 is 21.4.